The monoisotopic (exact) mass is 201 g/mol. The Morgan fingerprint density at radius 3 is 2.73 bits per heavy atom. The third kappa shape index (κ3) is 1.21. The molecule has 2 bridgehead atoms. The Morgan fingerprint density at radius 1 is 1.27 bits per heavy atom. The number of nitrogens with zero attached hydrogens (tertiary/aromatic N) is 1. The van der Waals surface area contributed by atoms with Crippen molar-refractivity contribution >= 4 is 5.91 Å². The fourth-order valence-electron chi connectivity index (χ4n) is 3.08. The van der Waals surface area contributed by atoms with E-state index in [4.69, 9.17) is 0 Å². The molecular formula is C13H15NO. The van der Waals surface area contributed by atoms with E-state index in [1.165, 1.54) is 17.5 Å². The normalized spacial score (nSPS) is 27.7. The Bertz CT molecular complexity index is 413. The van der Waals surface area contributed by atoms with Gasteiger partial charge in [0.1, 0.15) is 0 Å². The summed E-state index contributed by atoms with van der Waals surface area (Å²) < 4.78 is 0. The predicted molar refractivity (Wildman–Crippen MR) is 58.5 cm³/mol. The molecule has 1 amide bonds. The highest BCUT2D eigenvalue weighted by molar-refractivity contribution is 5.74. The topological polar surface area (TPSA) is 20.3 Å². The van der Waals surface area contributed by atoms with Gasteiger partial charge >= 0.3 is 0 Å². The number of carbonyl (C=O) groups is 1. The Balaban J connectivity index is 2.09. The van der Waals surface area contributed by atoms with Crippen molar-refractivity contribution in [2.75, 3.05) is 6.54 Å². The van der Waals surface area contributed by atoms with E-state index in [1.807, 2.05) is 4.90 Å². The molecule has 2 aliphatic heterocycles. The van der Waals surface area contributed by atoms with Gasteiger partial charge in [0, 0.05) is 19.4 Å². The van der Waals surface area contributed by atoms with Crippen LogP contribution < -0.4 is 0 Å². The summed E-state index contributed by atoms with van der Waals surface area (Å²) in [7, 11) is 0. The van der Waals surface area contributed by atoms with Crippen LogP contribution in [0, 0.1) is 0 Å². The van der Waals surface area contributed by atoms with Crippen molar-refractivity contribution in [1.82, 2.24) is 4.90 Å². The fraction of sp³-hybridized carbons (Fsp3) is 0.462. The maximum absolute atomic E-state index is 11.5. The van der Waals surface area contributed by atoms with Crippen LogP contribution in [0.2, 0.25) is 0 Å². The summed E-state index contributed by atoms with van der Waals surface area (Å²) in [5.41, 5.74) is 2.86. The van der Waals surface area contributed by atoms with Gasteiger partial charge in [0.2, 0.25) is 5.91 Å². The van der Waals surface area contributed by atoms with E-state index in [2.05, 4.69) is 24.3 Å². The van der Waals surface area contributed by atoms with Gasteiger partial charge in [-0.2, -0.15) is 0 Å². The molecule has 2 nitrogen and oxygen atoms in total. The molecule has 0 unspecified atom stereocenters. The van der Waals surface area contributed by atoms with Crippen molar-refractivity contribution in [1.29, 1.82) is 0 Å². The molecule has 2 heterocycles. The molecule has 78 valence electrons. The van der Waals surface area contributed by atoms with Crippen LogP contribution in [-0.4, -0.2) is 17.4 Å². The first-order chi connectivity index (χ1) is 7.27. The summed E-state index contributed by atoms with van der Waals surface area (Å²) >= 11 is 0. The summed E-state index contributed by atoms with van der Waals surface area (Å²) in [6, 6.07) is 8.95. The summed E-state index contributed by atoms with van der Waals surface area (Å²) in [5, 5.41) is 0. The van der Waals surface area contributed by atoms with Crippen molar-refractivity contribution in [3.05, 3.63) is 35.4 Å². The summed E-state index contributed by atoms with van der Waals surface area (Å²) in [5.74, 6) is 0.800. The number of fused-ring (bicyclic) bond motifs is 2. The van der Waals surface area contributed by atoms with Gasteiger partial charge in [-0.3, -0.25) is 4.79 Å². The number of hydrogen-bond acceptors (Lipinski definition) is 1. The van der Waals surface area contributed by atoms with Crippen LogP contribution in [0.25, 0.3) is 0 Å². The molecule has 0 saturated carbocycles. The molecular weight excluding hydrogens is 186 g/mol. The Labute approximate surface area is 89.9 Å². The molecule has 3 aliphatic rings. The third-order valence-electron chi connectivity index (χ3n) is 3.78. The molecule has 1 fully saturated rings. The lowest BCUT2D eigenvalue weighted by Crippen LogP contribution is -2.44. The second-order valence-corrected chi connectivity index (χ2v) is 4.59. The molecule has 1 aromatic carbocycles. The lowest BCUT2D eigenvalue weighted by Gasteiger charge is -2.46. The predicted octanol–water partition coefficient (Wildman–Crippen LogP) is 2.47. The lowest BCUT2D eigenvalue weighted by molar-refractivity contribution is -0.133. The van der Waals surface area contributed by atoms with E-state index in [0.717, 1.165) is 13.0 Å². The first-order valence-electron chi connectivity index (χ1n) is 5.63. The van der Waals surface area contributed by atoms with Crippen LogP contribution in [-0.2, 0) is 4.79 Å². The molecule has 0 aromatic heterocycles. The van der Waals surface area contributed by atoms with Gasteiger partial charge in [0.15, 0.2) is 0 Å². The standard InChI is InChI=1S/C13H15NO/c1-9(15)14-8-10-6-7-13(14)12-5-3-2-4-11(10)12/h2-5,10,13H,6-8H2,1H3/t10-,13-/m0/s1. The minimum atomic E-state index is 0.221. The number of amides is 1. The Hall–Kier alpha value is -1.31. The first-order valence-corrected chi connectivity index (χ1v) is 5.63. The Kier molecular flexibility index (Phi) is 1.84. The van der Waals surface area contributed by atoms with Gasteiger partial charge < -0.3 is 4.90 Å². The van der Waals surface area contributed by atoms with Crippen molar-refractivity contribution in [2.24, 2.45) is 0 Å². The van der Waals surface area contributed by atoms with E-state index >= 15 is 0 Å². The number of benzene rings is 1. The lowest BCUT2D eigenvalue weighted by atomic mass is 9.75. The molecule has 0 radical (unpaired) electrons. The largest absolute Gasteiger partial charge is 0.335 e. The average molecular weight is 201 g/mol. The molecule has 1 saturated heterocycles. The number of carbonyl (C=O) groups excluding carboxylic acids is 1. The van der Waals surface area contributed by atoms with Gasteiger partial charge in [-0.15, -0.1) is 0 Å². The zero-order chi connectivity index (χ0) is 10.4. The first kappa shape index (κ1) is 8.96. The van der Waals surface area contributed by atoms with Crippen molar-refractivity contribution in [2.45, 2.75) is 31.7 Å². The van der Waals surface area contributed by atoms with Gasteiger partial charge in [-0.1, -0.05) is 24.3 Å². The molecule has 0 N–H and O–H groups in total. The quantitative estimate of drug-likeness (QED) is 0.631. The number of rotatable bonds is 0. The second kappa shape index (κ2) is 3.09. The van der Waals surface area contributed by atoms with Crippen LogP contribution in [0.3, 0.4) is 0 Å². The molecule has 2 heteroatoms. The van der Waals surface area contributed by atoms with Crippen LogP contribution in [0.4, 0.5) is 0 Å². The van der Waals surface area contributed by atoms with E-state index in [0.29, 0.717) is 12.0 Å². The van der Waals surface area contributed by atoms with Gasteiger partial charge in [-0.05, 0) is 24.0 Å². The van der Waals surface area contributed by atoms with Crippen molar-refractivity contribution < 1.29 is 4.79 Å². The SMILES string of the molecule is CC(=O)N1C[C@@H]2CC[C@H]1c1ccccc12. The summed E-state index contributed by atoms with van der Waals surface area (Å²) in [6.07, 6.45) is 2.38. The molecule has 2 atom stereocenters. The van der Waals surface area contributed by atoms with E-state index in [9.17, 15) is 4.79 Å². The van der Waals surface area contributed by atoms with Gasteiger partial charge in [-0.25, -0.2) is 0 Å². The van der Waals surface area contributed by atoms with Crippen LogP contribution in [0.1, 0.15) is 42.9 Å². The molecule has 0 spiro atoms. The zero-order valence-electron chi connectivity index (χ0n) is 8.94. The Morgan fingerprint density at radius 2 is 2.00 bits per heavy atom. The van der Waals surface area contributed by atoms with Crippen LogP contribution >= 0.6 is 0 Å². The smallest absolute Gasteiger partial charge is 0.219 e. The summed E-state index contributed by atoms with van der Waals surface area (Å²) in [6.45, 7) is 2.61. The van der Waals surface area contributed by atoms with E-state index < -0.39 is 0 Å². The third-order valence-corrected chi connectivity index (χ3v) is 3.78. The minimum Gasteiger partial charge on any atom is -0.335 e. The number of piperidine rings is 1. The van der Waals surface area contributed by atoms with Crippen LogP contribution in [0.5, 0.6) is 0 Å². The minimum absolute atomic E-state index is 0.221. The van der Waals surface area contributed by atoms with E-state index in [1.54, 1.807) is 6.92 Å². The molecule has 4 rings (SSSR count). The average Bonchev–Trinajstić information content (AvgIpc) is 2.30. The maximum atomic E-state index is 11.5. The van der Waals surface area contributed by atoms with Gasteiger partial charge in [0.25, 0.3) is 0 Å². The fourth-order valence-corrected chi connectivity index (χ4v) is 3.08. The van der Waals surface area contributed by atoms with Crippen LogP contribution in [0.15, 0.2) is 24.3 Å². The second-order valence-electron chi connectivity index (χ2n) is 4.59. The highest BCUT2D eigenvalue weighted by Gasteiger charge is 2.38. The van der Waals surface area contributed by atoms with Crippen molar-refractivity contribution in [3.8, 4) is 0 Å². The van der Waals surface area contributed by atoms with E-state index in [-0.39, 0.29) is 5.91 Å². The molecule has 1 aromatic rings. The maximum Gasteiger partial charge on any atom is 0.219 e. The van der Waals surface area contributed by atoms with Gasteiger partial charge in [0.05, 0.1) is 6.04 Å². The summed E-state index contributed by atoms with van der Waals surface area (Å²) in [4.78, 5) is 13.6. The zero-order valence-corrected chi connectivity index (χ0v) is 8.94. The molecule has 1 aliphatic carbocycles. The van der Waals surface area contributed by atoms with Crippen molar-refractivity contribution in [3.63, 3.8) is 0 Å². The molecule has 15 heavy (non-hydrogen) atoms. The highest BCUT2D eigenvalue weighted by atomic mass is 16.2. The number of hydrogen-bond donors (Lipinski definition) is 0. The highest BCUT2D eigenvalue weighted by Crippen LogP contribution is 2.46.